The van der Waals surface area contributed by atoms with Crippen LogP contribution < -0.4 is 16.4 Å². The maximum Gasteiger partial charge on any atom is 0.316 e. The van der Waals surface area contributed by atoms with Crippen LogP contribution in [0.25, 0.3) is 0 Å². The molecule has 0 radical (unpaired) electrons. The lowest BCUT2D eigenvalue weighted by atomic mass is 9.97. The number of hydrogen-bond acceptors (Lipinski definition) is 3. The van der Waals surface area contributed by atoms with Crippen LogP contribution in [0, 0.1) is 6.92 Å². The van der Waals surface area contributed by atoms with Crippen LogP contribution >= 0.6 is 0 Å². The van der Waals surface area contributed by atoms with Crippen LogP contribution in [0.5, 0.6) is 0 Å². The van der Waals surface area contributed by atoms with Gasteiger partial charge >= 0.3 is 6.03 Å². The molecule has 120 valence electrons. The first-order valence-electron chi connectivity index (χ1n) is 7.78. The quantitative estimate of drug-likeness (QED) is 0.775. The van der Waals surface area contributed by atoms with Gasteiger partial charge in [0.2, 0.25) is 5.91 Å². The number of amides is 3. The van der Waals surface area contributed by atoms with Gasteiger partial charge in [0.1, 0.15) is 5.54 Å². The van der Waals surface area contributed by atoms with Crippen molar-refractivity contribution in [2.75, 3.05) is 0 Å². The van der Waals surface area contributed by atoms with Crippen molar-refractivity contribution in [1.82, 2.24) is 15.6 Å². The second-order valence-electron chi connectivity index (χ2n) is 5.97. The largest absolute Gasteiger partial charge is 0.368 e. The van der Waals surface area contributed by atoms with Gasteiger partial charge in [0.15, 0.2) is 0 Å². The summed E-state index contributed by atoms with van der Waals surface area (Å²) >= 11 is 0. The number of rotatable bonds is 5. The molecule has 0 spiro atoms. The van der Waals surface area contributed by atoms with E-state index >= 15 is 0 Å². The number of carbonyl (C=O) groups is 2. The minimum Gasteiger partial charge on any atom is -0.368 e. The van der Waals surface area contributed by atoms with Gasteiger partial charge < -0.3 is 16.4 Å². The Morgan fingerprint density at radius 2 is 2.09 bits per heavy atom. The first-order chi connectivity index (χ1) is 10.5. The normalized spacial score (nSPS) is 17.7. The Morgan fingerprint density at radius 1 is 1.41 bits per heavy atom. The highest BCUT2D eigenvalue weighted by Crippen LogP contribution is 2.29. The smallest absolute Gasteiger partial charge is 0.316 e. The highest BCUT2D eigenvalue weighted by atomic mass is 16.2. The van der Waals surface area contributed by atoms with E-state index in [0.29, 0.717) is 19.3 Å². The number of hydrogen-bond donors (Lipinski definition) is 3. The average molecular weight is 304 g/mol. The number of nitrogens with one attached hydrogen (secondary N) is 2. The van der Waals surface area contributed by atoms with Crippen LogP contribution in [-0.4, -0.2) is 22.5 Å². The summed E-state index contributed by atoms with van der Waals surface area (Å²) in [6.45, 7) is 3.97. The molecule has 1 aromatic heterocycles. The molecule has 0 unspecified atom stereocenters. The van der Waals surface area contributed by atoms with Crippen molar-refractivity contribution in [1.29, 1.82) is 0 Å². The van der Waals surface area contributed by atoms with E-state index in [-0.39, 0.29) is 12.1 Å². The molecule has 2 rings (SSSR count). The summed E-state index contributed by atoms with van der Waals surface area (Å²) < 4.78 is 0. The van der Waals surface area contributed by atoms with Crippen LogP contribution in [0.15, 0.2) is 18.3 Å². The van der Waals surface area contributed by atoms with Gasteiger partial charge in [-0.05, 0) is 43.9 Å². The lowest BCUT2D eigenvalue weighted by Crippen LogP contribution is -2.58. The number of aryl methyl sites for hydroxylation is 1. The molecule has 1 heterocycles. The standard InChI is InChI=1S/C16H24N4O2/c1-3-12(13-10-11(2)6-9-18-13)19-15(22)20-16(14(17)21)7-4-5-8-16/h6,9-10,12H,3-5,7-8H2,1-2H3,(H2,17,21)(H2,19,20,22)/t12-/m1/s1. The van der Waals surface area contributed by atoms with Gasteiger partial charge in [-0.1, -0.05) is 19.8 Å². The van der Waals surface area contributed by atoms with Gasteiger partial charge in [-0.15, -0.1) is 0 Å². The van der Waals surface area contributed by atoms with Crippen LogP contribution in [0.1, 0.15) is 56.3 Å². The molecule has 6 nitrogen and oxygen atoms in total. The Hall–Kier alpha value is -2.11. The van der Waals surface area contributed by atoms with Gasteiger partial charge in [-0.3, -0.25) is 9.78 Å². The number of carbonyl (C=O) groups excluding carboxylic acids is 2. The topological polar surface area (TPSA) is 97.1 Å². The summed E-state index contributed by atoms with van der Waals surface area (Å²) in [6, 6.07) is 3.31. The molecule has 0 aliphatic heterocycles. The van der Waals surface area contributed by atoms with Gasteiger partial charge in [-0.2, -0.15) is 0 Å². The van der Waals surface area contributed by atoms with Crippen molar-refractivity contribution in [2.24, 2.45) is 5.73 Å². The zero-order valence-electron chi connectivity index (χ0n) is 13.2. The molecule has 1 fully saturated rings. The summed E-state index contributed by atoms with van der Waals surface area (Å²) in [5, 5.41) is 5.69. The van der Waals surface area contributed by atoms with E-state index in [2.05, 4.69) is 15.6 Å². The van der Waals surface area contributed by atoms with E-state index in [0.717, 1.165) is 24.1 Å². The van der Waals surface area contributed by atoms with Crippen LogP contribution in [-0.2, 0) is 4.79 Å². The highest BCUT2D eigenvalue weighted by Gasteiger charge is 2.41. The molecule has 4 N–H and O–H groups in total. The third-order valence-corrected chi connectivity index (χ3v) is 4.29. The van der Waals surface area contributed by atoms with E-state index in [9.17, 15) is 9.59 Å². The molecule has 0 saturated heterocycles. The molecule has 1 atom stereocenters. The number of nitrogens with zero attached hydrogens (tertiary/aromatic N) is 1. The molecular formula is C16H24N4O2. The van der Waals surface area contributed by atoms with Crippen molar-refractivity contribution in [3.63, 3.8) is 0 Å². The van der Waals surface area contributed by atoms with Crippen molar-refractivity contribution < 1.29 is 9.59 Å². The summed E-state index contributed by atoms with van der Waals surface area (Å²) in [6.07, 6.45) is 5.46. The van der Waals surface area contributed by atoms with Crippen molar-refractivity contribution >= 4 is 11.9 Å². The molecule has 0 bridgehead atoms. The van der Waals surface area contributed by atoms with E-state index in [1.807, 2.05) is 26.0 Å². The lowest BCUT2D eigenvalue weighted by molar-refractivity contribution is -0.123. The van der Waals surface area contributed by atoms with E-state index in [4.69, 9.17) is 5.73 Å². The predicted molar refractivity (Wildman–Crippen MR) is 84.1 cm³/mol. The molecule has 22 heavy (non-hydrogen) atoms. The maximum absolute atomic E-state index is 12.3. The van der Waals surface area contributed by atoms with E-state index in [1.54, 1.807) is 6.20 Å². The zero-order chi connectivity index (χ0) is 16.2. The molecule has 1 saturated carbocycles. The number of nitrogens with two attached hydrogens (primary N) is 1. The van der Waals surface area contributed by atoms with Crippen LogP contribution in [0.4, 0.5) is 4.79 Å². The minimum absolute atomic E-state index is 0.189. The first-order valence-corrected chi connectivity index (χ1v) is 7.78. The summed E-state index contributed by atoms with van der Waals surface area (Å²) in [5.74, 6) is -0.457. The predicted octanol–water partition coefficient (Wildman–Crippen LogP) is 1.94. The second-order valence-corrected chi connectivity index (χ2v) is 5.97. The maximum atomic E-state index is 12.3. The fraction of sp³-hybridized carbons (Fsp3) is 0.562. The van der Waals surface area contributed by atoms with Gasteiger partial charge in [0.25, 0.3) is 0 Å². The third-order valence-electron chi connectivity index (χ3n) is 4.29. The lowest BCUT2D eigenvalue weighted by Gasteiger charge is -2.28. The van der Waals surface area contributed by atoms with Crippen molar-refractivity contribution in [3.05, 3.63) is 29.6 Å². The monoisotopic (exact) mass is 304 g/mol. The van der Waals surface area contributed by atoms with Crippen LogP contribution in [0.2, 0.25) is 0 Å². The van der Waals surface area contributed by atoms with Crippen LogP contribution in [0.3, 0.4) is 0 Å². The van der Waals surface area contributed by atoms with Crippen molar-refractivity contribution in [2.45, 2.75) is 57.5 Å². The molecule has 6 heteroatoms. The fourth-order valence-corrected chi connectivity index (χ4v) is 2.96. The van der Waals surface area contributed by atoms with E-state index in [1.165, 1.54) is 0 Å². The first kappa shape index (κ1) is 16.3. The molecule has 0 aromatic carbocycles. The number of aromatic nitrogens is 1. The number of primary amides is 1. The molecular weight excluding hydrogens is 280 g/mol. The van der Waals surface area contributed by atoms with Gasteiger partial charge in [-0.25, -0.2) is 4.79 Å². The van der Waals surface area contributed by atoms with E-state index < -0.39 is 11.4 Å². The Morgan fingerprint density at radius 3 is 2.64 bits per heavy atom. The Bertz CT molecular complexity index is 553. The average Bonchev–Trinajstić information content (AvgIpc) is 2.94. The molecule has 3 amide bonds. The van der Waals surface area contributed by atoms with Crippen molar-refractivity contribution in [3.8, 4) is 0 Å². The SMILES string of the molecule is CC[C@@H](NC(=O)NC1(C(N)=O)CCCC1)c1cc(C)ccn1. The zero-order valence-corrected chi connectivity index (χ0v) is 13.2. The number of urea groups is 1. The molecule has 1 aromatic rings. The Balaban J connectivity index is 2.05. The summed E-state index contributed by atoms with van der Waals surface area (Å²) in [4.78, 5) is 28.3. The third kappa shape index (κ3) is 3.55. The van der Waals surface area contributed by atoms with Gasteiger partial charge in [0, 0.05) is 6.20 Å². The number of pyridine rings is 1. The van der Waals surface area contributed by atoms with Gasteiger partial charge in [0.05, 0.1) is 11.7 Å². The minimum atomic E-state index is -0.900. The Kier molecular flexibility index (Phi) is 5.00. The summed E-state index contributed by atoms with van der Waals surface area (Å²) in [5.41, 5.74) is 6.49. The Labute approximate surface area is 130 Å². The highest BCUT2D eigenvalue weighted by molar-refractivity contribution is 5.90. The fourth-order valence-electron chi connectivity index (χ4n) is 2.96. The molecule has 1 aliphatic carbocycles. The summed E-state index contributed by atoms with van der Waals surface area (Å²) in [7, 11) is 0. The molecule has 1 aliphatic rings. The second kappa shape index (κ2) is 6.77.